The van der Waals surface area contributed by atoms with Gasteiger partial charge in [-0.05, 0) is 12.7 Å². The van der Waals surface area contributed by atoms with Crippen LogP contribution in [0.4, 0.5) is 0 Å². The lowest BCUT2D eigenvalue weighted by Gasteiger charge is -1.79. The molecule has 0 saturated carbocycles. The van der Waals surface area contributed by atoms with Crippen LogP contribution < -0.4 is 0 Å². The van der Waals surface area contributed by atoms with Crippen molar-refractivity contribution < 1.29 is 9.90 Å². The zero-order valence-corrected chi connectivity index (χ0v) is 6.11. The summed E-state index contributed by atoms with van der Waals surface area (Å²) in [5, 5.41) is 7.91. The molecule has 8 heavy (non-hydrogen) atoms. The third-order valence-electron chi connectivity index (χ3n) is 0.464. The summed E-state index contributed by atoms with van der Waals surface area (Å²) in [6, 6.07) is 0. The number of hydrogen-bond acceptors (Lipinski definition) is 2. The van der Waals surface area contributed by atoms with Crippen molar-refractivity contribution >= 4 is 18.6 Å². The van der Waals surface area contributed by atoms with E-state index in [4.69, 9.17) is 5.11 Å². The van der Waals surface area contributed by atoms with Gasteiger partial charge in [-0.1, -0.05) is 6.92 Å². The molecular weight excluding hydrogens is 124 g/mol. The molecule has 0 amide bonds. The minimum Gasteiger partial charge on any atom is -0.481 e. The minimum atomic E-state index is -0.711. The van der Waals surface area contributed by atoms with Crippen molar-refractivity contribution in [3.63, 3.8) is 0 Å². The van der Waals surface area contributed by atoms with E-state index in [9.17, 15) is 4.79 Å². The van der Waals surface area contributed by atoms with E-state index in [1.165, 1.54) is 0 Å². The number of carboxylic acid groups (broad SMARTS) is 1. The Morgan fingerprint density at radius 3 is 2.00 bits per heavy atom. The summed E-state index contributed by atoms with van der Waals surface area (Å²) < 4.78 is 0. The topological polar surface area (TPSA) is 37.3 Å². The molecule has 3 heteroatoms. The van der Waals surface area contributed by atoms with Gasteiger partial charge < -0.3 is 5.11 Å². The van der Waals surface area contributed by atoms with Gasteiger partial charge in [-0.15, -0.1) is 0 Å². The van der Waals surface area contributed by atoms with Crippen LogP contribution in [0.3, 0.4) is 0 Å². The van der Waals surface area contributed by atoms with Gasteiger partial charge in [0.05, 0.1) is 0 Å². The van der Waals surface area contributed by atoms with Crippen LogP contribution in [0, 0.1) is 0 Å². The second kappa shape index (κ2) is 9.94. The van der Waals surface area contributed by atoms with Gasteiger partial charge in [0.2, 0.25) is 0 Å². The molecule has 0 aliphatic heterocycles. The predicted molar refractivity (Wildman–Crippen MR) is 37.5 cm³/mol. The summed E-state index contributed by atoms with van der Waals surface area (Å²) >= 11 is 3.53. The van der Waals surface area contributed by atoms with Gasteiger partial charge in [0, 0.05) is 6.42 Å². The fraction of sp³-hybridized carbons (Fsp3) is 0.800. The summed E-state index contributed by atoms with van der Waals surface area (Å²) in [4.78, 5) is 9.60. The van der Waals surface area contributed by atoms with E-state index in [1.54, 1.807) is 6.26 Å². The van der Waals surface area contributed by atoms with Crippen LogP contribution in [-0.2, 0) is 4.79 Å². The number of rotatable bonds is 2. The van der Waals surface area contributed by atoms with Crippen molar-refractivity contribution in [2.45, 2.75) is 19.8 Å². The summed E-state index contributed by atoms with van der Waals surface area (Å²) in [7, 11) is 0. The standard InChI is InChI=1S/C4H8O2.CH4S/c1-2-3-4(5)6;1-2/h2-3H2,1H3,(H,5,6);2H,1H3. The Kier molecular flexibility index (Phi) is 13.3. The third kappa shape index (κ3) is 17.0. The molecule has 0 aromatic heterocycles. The number of aliphatic carboxylic acids is 1. The zero-order valence-electron chi connectivity index (χ0n) is 5.22. The van der Waals surface area contributed by atoms with Gasteiger partial charge >= 0.3 is 5.97 Å². The van der Waals surface area contributed by atoms with Gasteiger partial charge in [-0.2, -0.15) is 12.6 Å². The quantitative estimate of drug-likeness (QED) is 0.563. The summed E-state index contributed by atoms with van der Waals surface area (Å²) in [5.41, 5.74) is 0. The Hall–Kier alpha value is -0.180. The maximum absolute atomic E-state index is 9.60. The van der Waals surface area contributed by atoms with E-state index < -0.39 is 5.97 Å². The van der Waals surface area contributed by atoms with E-state index in [2.05, 4.69) is 12.6 Å². The molecule has 50 valence electrons. The first-order valence-electron chi connectivity index (χ1n) is 2.44. The highest BCUT2D eigenvalue weighted by atomic mass is 32.1. The molecular formula is C5H12O2S. The van der Waals surface area contributed by atoms with E-state index in [0.717, 1.165) is 6.42 Å². The Labute approximate surface area is 55.3 Å². The molecule has 0 radical (unpaired) electrons. The Balaban J connectivity index is 0. The summed E-state index contributed by atoms with van der Waals surface area (Å²) in [6.45, 7) is 1.84. The number of carbonyl (C=O) groups is 1. The van der Waals surface area contributed by atoms with Crippen LogP contribution in [0.5, 0.6) is 0 Å². The van der Waals surface area contributed by atoms with E-state index in [0.29, 0.717) is 6.42 Å². The first-order valence-corrected chi connectivity index (χ1v) is 3.33. The third-order valence-corrected chi connectivity index (χ3v) is 0.464. The molecule has 0 unspecified atom stereocenters. The molecule has 1 N–H and O–H groups in total. The Bertz CT molecular complexity index is 54.4. The van der Waals surface area contributed by atoms with E-state index in [-0.39, 0.29) is 0 Å². The number of carboxylic acids is 1. The SMILES string of the molecule is CCCC(=O)O.CS. The first-order chi connectivity index (χ1) is 3.77. The number of thiol groups is 1. The van der Waals surface area contributed by atoms with Gasteiger partial charge in [-0.25, -0.2) is 0 Å². The smallest absolute Gasteiger partial charge is 0.303 e. The monoisotopic (exact) mass is 136 g/mol. The van der Waals surface area contributed by atoms with Crippen LogP contribution in [0.25, 0.3) is 0 Å². The first kappa shape index (κ1) is 10.7. The number of hydrogen-bond donors (Lipinski definition) is 2. The van der Waals surface area contributed by atoms with Crippen molar-refractivity contribution in [2.24, 2.45) is 0 Å². The average molecular weight is 136 g/mol. The molecule has 0 spiro atoms. The van der Waals surface area contributed by atoms with Crippen LogP contribution in [0.1, 0.15) is 19.8 Å². The fourth-order valence-electron chi connectivity index (χ4n) is 0.214. The second-order valence-electron chi connectivity index (χ2n) is 1.14. The van der Waals surface area contributed by atoms with Crippen LogP contribution in [0.15, 0.2) is 0 Å². The Morgan fingerprint density at radius 1 is 1.62 bits per heavy atom. The summed E-state index contributed by atoms with van der Waals surface area (Å²) in [6.07, 6.45) is 2.72. The van der Waals surface area contributed by atoms with Crippen molar-refractivity contribution in [3.05, 3.63) is 0 Å². The second-order valence-corrected chi connectivity index (χ2v) is 1.14. The van der Waals surface area contributed by atoms with E-state index in [1.807, 2.05) is 6.92 Å². The molecule has 0 saturated heterocycles. The fourth-order valence-corrected chi connectivity index (χ4v) is 0.214. The minimum absolute atomic E-state index is 0.292. The molecule has 0 atom stereocenters. The van der Waals surface area contributed by atoms with Crippen LogP contribution >= 0.6 is 12.6 Å². The summed E-state index contributed by atoms with van der Waals surface area (Å²) in [5.74, 6) is -0.711. The molecule has 2 nitrogen and oxygen atoms in total. The lowest BCUT2D eigenvalue weighted by Crippen LogP contribution is -1.90. The van der Waals surface area contributed by atoms with Gasteiger partial charge in [0.15, 0.2) is 0 Å². The molecule has 0 bridgehead atoms. The van der Waals surface area contributed by atoms with Crippen molar-refractivity contribution in [1.29, 1.82) is 0 Å². The normalized spacial score (nSPS) is 6.88. The lowest BCUT2D eigenvalue weighted by molar-refractivity contribution is -0.137. The lowest BCUT2D eigenvalue weighted by atomic mass is 10.4. The van der Waals surface area contributed by atoms with Gasteiger partial charge in [-0.3, -0.25) is 4.79 Å². The van der Waals surface area contributed by atoms with Gasteiger partial charge in [0.25, 0.3) is 0 Å². The maximum Gasteiger partial charge on any atom is 0.303 e. The molecule has 0 aliphatic rings. The molecule has 0 aliphatic carbocycles. The zero-order chi connectivity index (χ0) is 6.99. The molecule has 0 fully saturated rings. The van der Waals surface area contributed by atoms with Crippen LogP contribution in [0.2, 0.25) is 0 Å². The molecule has 0 aromatic rings. The largest absolute Gasteiger partial charge is 0.481 e. The van der Waals surface area contributed by atoms with Crippen molar-refractivity contribution in [1.82, 2.24) is 0 Å². The molecule has 0 rings (SSSR count). The molecule has 0 aromatic carbocycles. The van der Waals surface area contributed by atoms with Crippen LogP contribution in [-0.4, -0.2) is 17.3 Å². The average Bonchev–Trinajstić information content (AvgIpc) is 1.72. The highest BCUT2D eigenvalue weighted by Crippen LogP contribution is 1.82. The molecule has 0 heterocycles. The highest BCUT2D eigenvalue weighted by molar-refractivity contribution is 7.79. The maximum atomic E-state index is 9.60. The predicted octanol–water partition coefficient (Wildman–Crippen LogP) is 1.42. The Morgan fingerprint density at radius 2 is 2.00 bits per heavy atom. The van der Waals surface area contributed by atoms with E-state index >= 15 is 0 Å². The van der Waals surface area contributed by atoms with Crippen molar-refractivity contribution in [3.8, 4) is 0 Å². The van der Waals surface area contributed by atoms with Gasteiger partial charge in [0.1, 0.15) is 0 Å². The highest BCUT2D eigenvalue weighted by Gasteiger charge is 1.87. The van der Waals surface area contributed by atoms with Crippen molar-refractivity contribution in [2.75, 3.05) is 6.26 Å².